The Hall–Kier alpha value is -4.10. The van der Waals surface area contributed by atoms with Gasteiger partial charge < -0.3 is 25.3 Å². The van der Waals surface area contributed by atoms with Crippen molar-refractivity contribution in [3.05, 3.63) is 108 Å². The van der Waals surface area contributed by atoms with E-state index in [9.17, 15) is 4.79 Å². The summed E-state index contributed by atoms with van der Waals surface area (Å²) in [5.74, 6) is 0.606. The van der Waals surface area contributed by atoms with Gasteiger partial charge in [-0.1, -0.05) is 60.7 Å². The van der Waals surface area contributed by atoms with Gasteiger partial charge in [0.15, 0.2) is 0 Å². The molecule has 0 radical (unpaired) electrons. The van der Waals surface area contributed by atoms with E-state index in [-0.39, 0.29) is 18.0 Å². The summed E-state index contributed by atoms with van der Waals surface area (Å²) >= 11 is 0. The highest BCUT2D eigenvalue weighted by Crippen LogP contribution is 2.26. The van der Waals surface area contributed by atoms with Gasteiger partial charge in [-0.05, 0) is 43.2 Å². The number of nitrogens with one attached hydrogen (secondary N) is 1. The van der Waals surface area contributed by atoms with Crippen LogP contribution in [0.3, 0.4) is 0 Å². The molecule has 3 aromatic rings. The molecule has 2 atom stereocenters. The molecule has 2 unspecified atom stereocenters. The van der Waals surface area contributed by atoms with Crippen molar-refractivity contribution in [2.24, 2.45) is 10.7 Å². The summed E-state index contributed by atoms with van der Waals surface area (Å²) in [5, 5.41) is 3.13. The molecule has 37 heavy (non-hydrogen) atoms. The van der Waals surface area contributed by atoms with Crippen molar-refractivity contribution in [2.45, 2.75) is 39.0 Å². The van der Waals surface area contributed by atoms with Crippen molar-refractivity contribution in [2.75, 3.05) is 13.7 Å². The molecule has 0 spiro atoms. The third-order valence-corrected chi connectivity index (χ3v) is 5.32. The molecule has 0 aliphatic carbocycles. The standard InChI is InChI=1S/C30H35N3O4/c1-22(16-24-10-6-4-7-11-24)36-27-17-26(18-28(19-27)37-23(2)21-35-3)30(34)33-29(31)14-15-32-20-25-12-8-5-9-13-25/h4-15,17-19,22-23,32H,16,20-21H2,1-3H3,(H2,31,33,34)/b15-14-. The maximum absolute atomic E-state index is 12.9. The van der Waals surface area contributed by atoms with Gasteiger partial charge in [-0.25, -0.2) is 0 Å². The highest BCUT2D eigenvalue weighted by molar-refractivity contribution is 6.06. The van der Waals surface area contributed by atoms with Crippen LogP contribution in [0, 0.1) is 0 Å². The van der Waals surface area contributed by atoms with E-state index in [0.29, 0.717) is 30.2 Å². The highest BCUT2D eigenvalue weighted by Gasteiger charge is 2.14. The van der Waals surface area contributed by atoms with Crippen molar-refractivity contribution < 1.29 is 19.0 Å². The molecule has 7 nitrogen and oxygen atoms in total. The molecule has 0 aliphatic heterocycles. The number of nitrogens with two attached hydrogens (primary N) is 1. The zero-order chi connectivity index (χ0) is 26.5. The lowest BCUT2D eigenvalue weighted by Gasteiger charge is -2.18. The lowest BCUT2D eigenvalue weighted by molar-refractivity contribution is 0.0912. The van der Waals surface area contributed by atoms with Gasteiger partial charge in [0.05, 0.1) is 12.7 Å². The third kappa shape index (κ3) is 9.82. The minimum Gasteiger partial charge on any atom is -0.490 e. The van der Waals surface area contributed by atoms with Crippen molar-refractivity contribution in [3.8, 4) is 11.5 Å². The fraction of sp³-hybridized carbons (Fsp3) is 0.267. The first-order chi connectivity index (χ1) is 17.9. The minimum atomic E-state index is -0.490. The first-order valence-electron chi connectivity index (χ1n) is 12.3. The number of nitrogens with zero attached hydrogens (tertiary/aromatic N) is 1. The largest absolute Gasteiger partial charge is 0.490 e. The Kier molecular flexibility index (Phi) is 10.7. The van der Waals surface area contributed by atoms with Gasteiger partial charge in [0.2, 0.25) is 0 Å². The van der Waals surface area contributed by atoms with Crippen molar-refractivity contribution in [3.63, 3.8) is 0 Å². The van der Waals surface area contributed by atoms with Gasteiger partial charge in [-0.2, -0.15) is 4.99 Å². The van der Waals surface area contributed by atoms with Gasteiger partial charge in [-0.3, -0.25) is 4.79 Å². The predicted octanol–water partition coefficient (Wildman–Crippen LogP) is 4.91. The van der Waals surface area contributed by atoms with E-state index in [2.05, 4.69) is 22.4 Å². The quantitative estimate of drug-likeness (QED) is 0.255. The van der Waals surface area contributed by atoms with Crippen LogP contribution in [0.15, 0.2) is 96.1 Å². The molecule has 0 aliphatic rings. The fourth-order valence-electron chi connectivity index (χ4n) is 3.69. The second-order valence-electron chi connectivity index (χ2n) is 8.74. The summed E-state index contributed by atoms with van der Waals surface area (Å²) in [4.78, 5) is 17.0. The minimum absolute atomic E-state index is 0.0875. The molecular formula is C30H35N3O4. The molecule has 3 rings (SSSR count). The summed E-state index contributed by atoms with van der Waals surface area (Å²) in [7, 11) is 1.61. The first kappa shape index (κ1) is 27.5. The van der Waals surface area contributed by atoms with Gasteiger partial charge >= 0.3 is 0 Å². The summed E-state index contributed by atoms with van der Waals surface area (Å²) in [6, 6.07) is 25.1. The van der Waals surface area contributed by atoms with Gasteiger partial charge in [0.25, 0.3) is 5.91 Å². The van der Waals surface area contributed by atoms with Gasteiger partial charge in [0, 0.05) is 37.9 Å². The molecule has 3 aromatic carbocycles. The highest BCUT2D eigenvalue weighted by atomic mass is 16.5. The number of hydrogen-bond donors (Lipinski definition) is 2. The van der Waals surface area contributed by atoms with E-state index >= 15 is 0 Å². The van der Waals surface area contributed by atoms with Crippen LogP contribution in [-0.2, 0) is 17.7 Å². The average molecular weight is 502 g/mol. The first-order valence-corrected chi connectivity index (χ1v) is 12.3. The second kappa shape index (κ2) is 14.5. The number of ether oxygens (including phenoxy) is 3. The summed E-state index contributed by atoms with van der Waals surface area (Å²) in [6.07, 6.45) is 3.62. The number of benzene rings is 3. The van der Waals surface area contributed by atoms with E-state index in [4.69, 9.17) is 19.9 Å². The Morgan fingerprint density at radius 2 is 1.51 bits per heavy atom. The van der Waals surface area contributed by atoms with E-state index in [1.807, 2.05) is 62.4 Å². The van der Waals surface area contributed by atoms with Crippen molar-refractivity contribution >= 4 is 11.7 Å². The monoisotopic (exact) mass is 501 g/mol. The Balaban J connectivity index is 1.71. The van der Waals surface area contributed by atoms with E-state index in [0.717, 1.165) is 17.5 Å². The molecule has 1 amide bonds. The molecular weight excluding hydrogens is 466 g/mol. The molecule has 194 valence electrons. The van der Waals surface area contributed by atoms with Crippen LogP contribution in [0.2, 0.25) is 0 Å². The van der Waals surface area contributed by atoms with Crippen molar-refractivity contribution in [1.29, 1.82) is 0 Å². The van der Waals surface area contributed by atoms with Crippen LogP contribution in [-0.4, -0.2) is 37.7 Å². The topological polar surface area (TPSA) is 95.2 Å². The summed E-state index contributed by atoms with van der Waals surface area (Å²) in [6.45, 7) is 4.92. The zero-order valence-electron chi connectivity index (χ0n) is 21.6. The number of carbonyl (C=O) groups is 1. The SMILES string of the molecule is COCC(C)Oc1cc(OC(C)Cc2ccccc2)cc(C(=O)N=C(N)/C=C\NCc2ccccc2)c1. The number of methoxy groups -OCH3 is 1. The van der Waals surface area contributed by atoms with Crippen LogP contribution in [0.4, 0.5) is 0 Å². The van der Waals surface area contributed by atoms with E-state index < -0.39 is 5.91 Å². The number of rotatable bonds is 13. The molecule has 0 heterocycles. The normalized spacial score (nSPS) is 13.2. The molecule has 3 N–H and O–H groups in total. The van der Waals surface area contributed by atoms with Crippen LogP contribution in [0.25, 0.3) is 0 Å². The number of amidine groups is 1. The van der Waals surface area contributed by atoms with Crippen molar-refractivity contribution in [1.82, 2.24) is 5.32 Å². The summed E-state index contributed by atoms with van der Waals surface area (Å²) < 4.78 is 17.3. The maximum atomic E-state index is 12.9. The molecule has 0 saturated carbocycles. The predicted molar refractivity (Wildman–Crippen MR) is 147 cm³/mol. The Bertz CT molecular complexity index is 1180. The average Bonchev–Trinajstić information content (AvgIpc) is 2.87. The summed E-state index contributed by atoms with van der Waals surface area (Å²) in [5.41, 5.74) is 8.59. The molecule has 0 aromatic heterocycles. The number of carbonyl (C=O) groups excluding carboxylic acids is 1. The zero-order valence-corrected chi connectivity index (χ0v) is 21.6. The van der Waals surface area contributed by atoms with Crippen LogP contribution in [0.5, 0.6) is 11.5 Å². The van der Waals surface area contributed by atoms with Crippen LogP contribution in [0.1, 0.15) is 35.3 Å². The fourth-order valence-corrected chi connectivity index (χ4v) is 3.69. The third-order valence-electron chi connectivity index (χ3n) is 5.32. The van der Waals surface area contributed by atoms with Crippen LogP contribution >= 0.6 is 0 Å². The van der Waals surface area contributed by atoms with Crippen LogP contribution < -0.4 is 20.5 Å². The van der Waals surface area contributed by atoms with E-state index in [1.165, 1.54) is 0 Å². The molecule has 0 bridgehead atoms. The smallest absolute Gasteiger partial charge is 0.279 e. The Morgan fingerprint density at radius 3 is 2.14 bits per heavy atom. The lowest BCUT2D eigenvalue weighted by atomic mass is 10.1. The molecule has 0 saturated heterocycles. The number of aliphatic imine (C=N–C) groups is 1. The molecule has 7 heteroatoms. The Labute approximate surface area is 219 Å². The van der Waals surface area contributed by atoms with Gasteiger partial charge in [0.1, 0.15) is 23.4 Å². The maximum Gasteiger partial charge on any atom is 0.279 e. The van der Waals surface area contributed by atoms with E-state index in [1.54, 1.807) is 37.6 Å². The Morgan fingerprint density at radius 1 is 0.919 bits per heavy atom. The number of hydrogen-bond acceptors (Lipinski definition) is 5. The number of amides is 1. The van der Waals surface area contributed by atoms with Gasteiger partial charge in [-0.15, -0.1) is 0 Å². The lowest BCUT2D eigenvalue weighted by Crippen LogP contribution is -2.19. The second-order valence-corrected chi connectivity index (χ2v) is 8.74. The molecule has 0 fully saturated rings.